The quantitative estimate of drug-likeness (QED) is 0.624. The number of hydrogen-bond donors (Lipinski definition) is 1. The minimum absolute atomic E-state index is 0.554. The van der Waals surface area contributed by atoms with Gasteiger partial charge in [0, 0.05) is 33.4 Å². The van der Waals surface area contributed by atoms with E-state index in [1.165, 1.54) is 5.56 Å². The molecule has 19 heavy (non-hydrogen) atoms. The van der Waals surface area contributed by atoms with Crippen LogP contribution >= 0.6 is 0 Å². The van der Waals surface area contributed by atoms with Crippen LogP contribution in [0.15, 0.2) is 30.3 Å². The van der Waals surface area contributed by atoms with E-state index in [2.05, 4.69) is 35.6 Å². The minimum atomic E-state index is 0.554. The Balaban J connectivity index is 2.39. The number of rotatable bonds is 11. The lowest BCUT2D eigenvalue weighted by atomic mass is 9.94. The average Bonchev–Trinajstić information content (AvgIpc) is 2.46. The van der Waals surface area contributed by atoms with Crippen LogP contribution in [0.1, 0.15) is 31.2 Å². The maximum Gasteiger partial charge on any atom is 0.0587 e. The first-order chi connectivity index (χ1) is 9.38. The predicted molar refractivity (Wildman–Crippen MR) is 79.7 cm³/mol. The van der Waals surface area contributed by atoms with Gasteiger partial charge in [0.2, 0.25) is 0 Å². The van der Waals surface area contributed by atoms with Crippen molar-refractivity contribution in [3.8, 4) is 0 Å². The lowest BCUT2D eigenvalue weighted by Gasteiger charge is -2.18. The van der Waals surface area contributed by atoms with E-state index < -0.39 is 0 Å². The van der Waals surface area contributed by atoms with Crippen molar-refractivity contribution in [1.29, 1.82) is 0 Å². The highest BCUT2D eigenvalue weighted by Gasteiger charge is 2.10. The Morgan fingerprint density at radius 2 is 1.95 bits per heavy atom. The molecule has 0 aromatic heterocycles. The highest BCUT2D eigenvalue weighted by atomic mass is 16.5. The van der Waals surface area contributed by atoms with Gasteiger partial charge in [-0.05, 0) is 31.2 Å². The highest BCUT2D eigenvalue weighted by Crippen LogP contribution is 2.20. The second-order valence-electron chi connectivity index (χ2n) is 4.64. The van der Waals surface area contributed by atoms with Crippen molar-refractivity contribution >= 4 is 0 Å². The van der Waals surface area contributed by atoms with Gasteiger partial charge in [-0.15, -0.1) is 0 Å². The van der Waals surface area contributed by atoms with Gasteiger partial charge in [-0.1, -0.05) is 30.3 Å². The zero-order chi connectivity index (χ0) is 13.8. The molecule has 0 aliphatic heterocycles. The van der Waals surface area contributed by atoms with Crippen LogP contribution in [-0.2, 0) is 9.47 Å². The van der Waals surface area contributed by atoms with Gasteiger partial charge < -0.3 is 14.8 Å². The summed E-state index contributed by atoms with van der Waals surface area (Å²) in [7, 11) is 1.73. The van der Waals surface area contributed by atoms with Crippen LogP contribution in [0.25, 0.3) is 0 Å². The zero-order valence-electron chi connectivity index (χ0n) is 12.2. The predicted octanol–water partition coefficient (Wildman–Crippen LogP) is 2.82. The van der Waals surface area contributed by atoms with Crippen LogP contribution in [0, 0.1) is 0 Å². The van der Waals surface area contributed by atoms with Crippen LogP contribution < -0.4 is 5.32 Å². The van der Waals surface area contributed by atoms with Gasteiger partial charge in [-0.3, -0.25) is 0 Å². The summed E-state index contributed by atoms with van der Waals surface area (Å²) in [6, 6.07) is 10.7. The van der Waals surface area contributed by atoms with Crippen molar-refractivity contribution < 1.29 is 9.47 Å². The Kier molecular flexibility index (Phi) is 9.33. The molecule has 108 valence electrons. The fourth-order valence-electron chi connectivity index (χ4n) is 2.14. The fraction of sp³-hybridized carbons (Fsp3) is 0.625. The van der Waals surface area contributed by atoms with Crippen molar-refractivity contribution in [3.05, 3.63) is 35.9 Å². The molecule has 1 rings (SSSR count). The average molecular weight is 265 g/mol. The summed E-state index contributed by atoms with van der Waals surface area (Å²) in [6.45, 7) is 6.38. The van der Waals surface area contributed by atoms with Gasteiger partial charge in [0.05, 0.1) is 6.61 Å². The number of nitrogens with one attached hydrogen (secondary N) is 1. The summed E-state index contributed by atoms with van der Waals surface area (Å²) in [5.41, 5.74) is 1.41. The number of benzene rings is 1. The molecular formula is C16H27NO2. The molecule has 0 heterocycles. The summed E-state index contributed by atoms with van der Waals surface area (Å²) in [6.07, 6.45) is 2.27. The summed E-state index contributed by atoms with van der Waals surface area (Å²) in [4.78, 5) is 0. The van der Waals surface area contributed by atoms with Crippen molar-refractivity contribution in [2.75, 3.05) is 40.0 Å². The molecule has 0 amide bonds. The third kappa shape index (κ3) is 7.31. The zero-order valence-corrected chi connectivity index (χ0v) is 12.2. The molecule has 1 aromatic carbocycles. The molecule has 1 aromatic rings. The number of methoxy groups -OCH3 is 1. The van der Waals surface area contributed by atoms with E-state index in [4.69, 9.17) is 9.47 Å². The van der Waals surface area contributed by atoms with Gasteiger partial charge >= 0.3 is 0 Å². The molecule has 0 fully saturated rings. The third-order valence-electron chi connectivity index (χ3n) is 3.19. The SMILES string of the molecule is CCOCCCC(CNCCOC)c1ccccc1. The molecule has 0 saturated heterocycles. The van der Waals surface area contributed by atoms with Crippen molar-refractivity contribution in [3.63, 3.8) is 0 Å². The molecule has 3 nitrogen and oxygen atoms in total. The number of ether oxygens (including phenoxy) is 2. The first-order valence-corrected chi connectivity index (χ1v) is 7.20. The maximum atomic E-state index is 5.42. The maximum absolute atomic E-state index is 5.42. The van der Waals surface area contributed by atoms with E-state index >= 15 is 0 Å². The largest absolute Gasteiger partial charge is 0.383 e. The van der Waals surface area contributed by atoms with E-state index in [0.717, 1.165) is 45.8 Å². The molecule has 0 bridgehead atoms. The molecule has 1 unspecified atom stereocenters. The normalized spacial score (nSPS) is 12.5. The molecule has 1 N–H and O–H groups in total. The van der Waals surface area contributed by atoms with Crippen LogP contribution in [0.2, 0.25) is 0 Å². The Morgan fingerprint density at radius 3 is 2.63 bits per heavy atom. The second-order valence-corrected chi connectivity index (χ2v) is 4.64. The molecule has 0 aliphatic rings. The van der Waals surface area contributed by atoms with E-state index in [1.54, 1.807) is 7.11 Å². The molecule has 0 radical (unpaired) electrons. The Bertz CT molecular complexity index is 291. The first kappa shape index (κ1) is 16.2. The van der Waals surface area contributed by atoms with Crippen LogP contribution in [0.4, 0.5) is 0 Å². The molecule has 3 heteroatoms. The van der Waals surface area contributed by atoms with Gasteiger partial charge in [0.15, 0.2) is 0 Å². The highest BCUT2D eigenvalue weighted by molar-refractivity contribution is 5.19. The van der Waals surface area contributed by atoms with Gasteiger partial charge in [-0.25, -0.2) is 0 Å². The number of hydrogen-bond acceptors (Lipinski definition) is 3. The Labute approximate surface area is 117 Å². The van der Waals surface area contributed by atoms with E-state index in [-0.39, 0.29) is 0 Å². The molecule has 0 spiro atoms. The van der Waals surface area contributed by atoms with E-state index in [1.807, 2.05) is 6.92 Å². The lowest BCUT2D eigenvalue weighted by molar-refractivity contribution is 0.141. The summed E-state index contributed by atoms with van der Waals surface area (Å²) in [5.74, 6) is 0.554. The summed E-state index contributed by atoms with van der Waals surface area (Å²) < 4.78 is 10.5. The van der Waals surface area contributed by atoms with Gasteiger partial charge in [0.1, 0.15) is 0 Å². The summed E-state index contributed by atoms with van der Waals surface area (Å²) in [5, 5.41) is 3.46. The minimum Gasteiger partial charge on any atom is -0.383 e. The molecule has 0 saturated carbocycles. The first-order valence-electron chi connectivity index (χ1n) is 7.20. The van der Waals surface area contributed by atoms with Crippen molar-refractivity contribution in [2.24, 2.45) is 0 Å². The Morgan fingerprint density at radius 1 is 1.16 bits per heavy atom. The second kappa shape index (κ2) is 11.0. The fourth-order valence-corrected chi connectivity index (χ4v) is 2.14. The van der Waals surface area contributed by atoms with Crippen LogP contribution in [0.5, 0.6) is 0 Å². The van der Waals surface area contributed by atoms with Crippen LogP contribution in [0.3, 0.4) is 0 Å². The van der Waals surface area contributed by atoms with Gasteiger partial charge in [-0.2, -0.15) is 0 Å². The van der Waals surface area contributed by atoms with Gasteiger partial charge in [0.25, 0.3) is 0 Å². The lowest BCUT2D eigenvalue weighted by Crippen LogP contribution is -2.25. The van der Waals surface area contributed by atoms with E-state index in [0.29, 0.717) is 5.92 Å². The standard InChI is InChI=1S/C16H27NO2/c1-3-19-12-7-10-16(14-17-11-13-18-2)15-8-5-4-6-9-15/h4-6,8-9,16-17H,3,7,10-14H2,1-2H3. The van der Waals surface area contributed by atoms with Crippen molar-refractivity contribution in [2.45, 2.75) is 25.7 Å². The smallest absolute Gasteiger partial charge is 0.0587 e. The molecular weight excluding hydrogens is 238 g/mol. The molecule has 0 aliphatic carbocycles. The topological polar surface area (TPSA) is 30.5 Å². The molecule has 1 atom stereocenters. The van der Waals surface area contributed by atoms with Crippen LogP contribution in [-0.4, -0.2) is 40.0 Å². The van der Waals surface area contributed by atoms with E-state index in [9.17, 15) is 0 Å². The third-order valence-corrected chi connectivity index (χ3v) is 3.19. The van der Waals surface area contributed by atoms with Crippen molar-refractivity contribution in [1.82, 2.24) is 5.32 Å². The summed E-state index contributed by atoms with van der Waals surface area (Å²) >= 11 is 0. The monoisotopic (exact) mass is 265 g/mol. The Hall–Kier alpha value is -0.900.